The quantitative estimate of drug-likeness (QED) is 0.745. The van der Waals surface area contributed by atoms with Gasteiger partial charge < -0.3 is 10.2 Å². The molecule has 4 amide bonds. The van der Waals surface area contributed by atoms with E-state index < -0.39 is 11.6 Å². The van der Waals surface area contributed by atoms with Crippen LogP contribution < -0.4 is 10.6 Å². The molecule has 0 saturated carbocycles. The second-order valence-corrected chi connectivity index (χ2v) is 6.34. The van der Waals surface area contributed by atoms with Crippen LogP contribution in [0.2, 0.25) is 0 Å². The fourth-order valence-electron chi connectivity index (χ4n) is 2.84. The zero-order valence-corrected chi connectivity index (χ0v) is 13.0. The highest BCUT2D eigenvalue weighted by atomic mass is 79.9. The summed E-state index contributed by atoms with van der Waals surface area (Å²) in [4.78, 5) is 37.4. The molecule has 0 aliphatic carbocycles. The van der Waals surface area contributed by atoms with Crippen molar-refractivity contribution in [2.24, 2.45) is 0 Å². The van der Waals surface area contributed by atoms with Crippen LogP contribution in [0, 0.1) is 6.92 Å². The van der Waals surface area contributed by atoms with Gasteiger partial charge in [-0.05, 0) is 37.1 Å². The molecule has 7 heteroatoms. The van der Waals surface area contributed by atoms with Gasteiger partial charge in [-0.3, -0.25) is 14.9 Å². The Kier molecular flexibility index (Phi) is 3.24. The van der Waals surface area contributed by atoms with Crippen LogP contribution in [0.5, 0.6) is 0 Å². The lowest BCUT2D eigenvalue weighted by Gasteiger charge is -2.21. The SMILES string of the molecule is Cc1cc(Br)ccc1C(=O)N1CCC2(C1)NC(=O)NC2=O. The molecule has 2 aliphatic heterocycles. The van der Waals surface area contributed by atoms with E-state index in [0.717, 1.165) is 10.0 Å². The van der Waals surface area contributed by atoms with Crippen LogP contribution in [-0.4, -0.2) is 41.4 Å². The minimum absolute atomic E-state index is 0.120. The number of amides is 4. The smallest absolute Gasteiger partial charge is 0.322 e. The van der Waals surface area contributed by atoms with E-state index in [-0.39, 0.29) is 18.4 Å². The van der Waals surface area contributed by atoms with Crippen LogP contribution in [0.4, 0.5) is 4.79 Å². The molecule has 0 radical (unpaired) electrons. The first-order valence-electron chi connectivity index (χ1n) is 6.60. The van der Waals surface area contributed by atoms with E-state index in [9.17, 15) is 14.4 Å². The number of benzene rings is 1. The number of nitrogens with zero attached hydrogens (tertiary/aromatic N) is 1. The van der Waals surface area contributed by atoms with Crippen molar-refractivity contribution in [2.45, 2.75) is 18.9 Å². The average molecular weight is 352 g/mol. The molecular formula is C14H14BrN3O3. The van der Waals surface area contributed by atoms with Crippen molar-refractivity contribution >= 4 is 33.8 Å². The van der Waals surface area contributed by atoms with Crippen LogP contribution in [0.15, 0.2) is 22.7 Å². The number of carbonyl (C=O) groups is 3. The standard InChI is InChI=1S/C14H14BrN3O3/c1-8-6-9(15)2-3-10(8)11(19)18-5-4-14(7-18)12(20)16-13(21)17-14/h2-3,6H,4-5,7H2,1H3,(H2,16,17,20,21). The van der Waals surface area contributed by atoms with E-state index in [1.807, 2.05) is 19.1 Å². The molecule has 21 heavy (non-hydrogen) atoms. The van der Waals surface area contributed by atoms with Crippen molar-refractivity contribution in [3.8, 4) is 0 Å². The number of urea groups is 1. The Morgan fingerprint density at radius 2 is 2.14 bits per heavy atom. The maximum atomic E-state index is 12.6. The second kappa shape index (κ2) is 4.84. The van der Waals surface area contributed by atoms with Crippen LogP contribution in [0.1, 0.15) is 22.3 Å². The number of aryl methyl sites for hydroxylation is 1. The lowest BCUT2D eigenvalue weighted by atomic mass is 9.99. The monoisotopic (exact) mass is 351 g/mol. The Morgan fingerprint density at radius 3 is 2.76 bits per heavy atom. The van der Waals surface area contributed by atoms with Gasteiger partial charge in [-0.2, -0.15) is 0 Å². The first-order valence-corrected chi connectivity index (χ1v) is 7.40. The van der Waals surface area contributed by atoms with Crippen molar-refractivity contribution in [1.29, 1.82) is 0 Å². The average Bonchev–Trinajstić information content (AvgIpc) is 2.94. The third-order valence-electron chi connectivity index (χ3n) is 3.99. The number of rotatable bonds is 1. The summed E-state index contributed by atoms with van der Waals surface area (Å²) in [6.07, 6.45) is 0.436. The highest BCUT2D eigenvalue weighted by Gasteiger charge is 2.51. The van der Waals surface area contributed by atoms with Crippen LogP contribution >= 0.6 is 15.9 Å². The van der Waals surface area contributed by atoms with Crippen molar-refractivity contribution in [3.63, 3.8) is 0 Å². The number of hydrogen-bond donors (Lipinski definition) is 2. The summed E-state index contributed by atoms with van der Waals surface area (Å²) in [6.45, 7) is 2.52. The molecule has 1 unspecified atom stereocenters. The minimum Gasteiger partial charge on any atom is -0.336 e. The molecule has 1 spiro atoms. The first-order chi connectivity index (χ1) is 9.91. The molecule has 1 aromatic rings. The van der Waals surface area contributed by atoms with Crippen LogP contribution in [-0.2, 0) is 4.79 Å². The zero-order valence-electron chi connectivity index (χ0n) is 11.4. The Labute approximate surface area is 130 Å². The van der Waals surface area contributed by atoms with Gasteiger partial charge in [0.15, 0.2) is 0 Å². The molecule has 6 nitrogen and oxygen atoms in total. The number of nitrogens with one attached hydrogen (secondary N) is 2. The highest BCUT2D eigenvalue weighted by molar-refractivity contribution is 9.10. The third-order valence-corrected chi connectivity index (χ3v) is 4.48. The summed E-state index contributed by atoms with van der Waals surface area (Å²) >= 11 is 3.37. The fourth-order valence-corrected chi connectivity index (χ4v) is 3.31. The topological polar surface area (TPSA) is 78.5 Å². The van der Waals surface area contributed by atoms with Crippen molar-refractivity contribution in [1.82, 2.24) is 15.5 Å². The Hall–Kier alpha value is -1.89. The van der Waals surface area contributed by atoms with Gasteiger partial charge in [0.2, 0.25) is 0 Å². The van der Waals surface area contributed by atoms with Gasteiger partial charge in [-0.25, -0.2) is 4.79 Å². The van der Waals surface area contributed by atoms with E-state index in [4.69, 9.17) is 0 Å². The van der Waals surface area contributed by atoms with E-state index >= 15 is 0 Å². The van der Waals surface area contributed by atoms with Crippen LogP contribution in [0.25, 0.3) is 0 Å². The van der Waals surface area contributed by atoms with Gasteiger partial charge in [-0.15, -0.1) is 0 Å². The summed E-state index contributed by atoms with van der Waals surface area (Å²) in [7, 11) is 0. The summed E-state index contributed by atoms with van der Waals surface area (Å²) < 4.78 is 0.914. The van der Waals surface area contributed by atoms with Gasteiger partial charge in [-0.1, -0.05) is 15.9 Å². The molecule has 2 N–H and O–H groups in total. The minimum atomic E-state index is -0.962. The predicted octanol–water partition coefficient (Wildman–Crippen LogP) is 1.18. The van der Waals surface area contributed by atoms with Gasteiger partial charge in [0.25, 0.3) is 11.8 Å². The highest BCUT2D eigenvalue weighted by Crippen LogP contribution is 2.27. The molecule has 2 heterocycles. The van der Waals surface area contributed by atoms with Gasteiger partial charge in [0.1, 0.15) is 5.54 Å². The van der Waals surface area contributed by atoms with Crippen molar-refractivity contribution in [2.75, 3.05) is 13.1 Å². The summed E-state index contributed by atoms with van der Waals surface area (Å²) in [5.41, 5.74) is 0.519. The number of hydrogen-bond acceptors (Lipinski definition) is 3. The Morgan fingerprint density at radius 1 is 1.38 bits per heavy atom. The Bertz CT molecular complexity index is 661. The predicted molar refractivity (Wildman–Crippen MR) is 78.8 cm³/mol. The maximum Gasteiger partial charge on any atom is 0.322 e. The van der Waals surface area contributed by atoms with E-state index in [0.29, 0.717) is 18.5 Å². The van der Waals surface area contributed by atoms with Crippen molar-refractivity contribution < 1.29 is 14.4 Å². The molecule has 110 valence electrons. The van der Waals surface area contributed by atoms with Gasteiger partial charge >= 0.3 is 6.03 Å². The zero-order chi connectivity index (χ0) is 15.2. The number of imide groups is 1. The van der Waals surface area contributed by atoms with E-state index in [2.05, 4.69) is 26.6 Å². The van der Waals surface area contributed by atoms with Gasteiger partial charge in [0.05, 0.1) is 6.54 Å². The summed E-state index contributed by atoms with van der Waals surface area (Å²) in [5.74, 6) is -0.471. The normalized spacial score (nSPS) is 24.4. The molecule has 2 aliphatic rings. The lowest BCUT2D eigenvalue weighted by molar-refractivity contribution is -0.123. The second-order valence-electron chi connectivity index (χ2n) is 5.43. The van der Waals surface area contributed by atoms with Crippen LogP contribution in [0.3, 0.4) is 0 Å². The number of likely N-dealkylation sites (tertiary alicyclic amines) is 1. The number of carbonyl (C=O) groups excluding carboxylic acids is 3. The maximum absolute atomic E-state index is 12.6. The molecular weight excluding hydrogens is 338 g/mol. The fraction of sp³-hybridized carbons (Fsp3) is 0.357. The molecule has 1 aromatic carbocycles. The molecule has 1 atom stereocenters. The molecule has 2 fully saturated rings. The molecule has 3 rings (SSSR count). The molecule has 0 bridgehead atoms. The lowest BCUT2D eigenvalue weighted by Crippen LogP contribution is -2.49. The van der Waals surface area contributed by atoms with Gasteiger partial charge in [0, 0.05) is 16.6 Å². The summed E-state index contributed by atoms with van der Waals surface area (Å²) in [6, 6.07) is 4.97. The first kappa shape index (κ1) is 14.1. The molecule has 0 aromatic heterocycles. The van der Waals surface area contributed by atoms with E-state index in [1.54, 1.807) is 11.0 Å². The third kappa shape index (κ3) is 2.31. The molecule has 2 saturated heterocycles. The van der Waals surface area contributed by atoms with E-state index in [1.165, 1.54) is 0 Å². The number of halogens is 1. The largest absolute Gasteiger partial charge is 0.336 e. The summed E-state index contributed by atoms with van der Waals surface area (Å²) in [5, 5.41) is 4.87. The van der Waals surface area contributed by atoms with Crippen molar-refractivity contribution in [3.05, 3.63) is 33.8 Å². The Balaban J connectivity index is 1.82.